The molecule has 0 aliphatic carbocycles. The Morgan fingerprint density at radius 2 is 1.80 bits per heavy atom. The minimum atomic E-state index is -0.886. The van der Waals surface area contributed by atoms with Crippen LogP contribution in [0.15, 0.2) is 24.3 Å². The molecule has 0 spiro atoms. The summed E-state index contributed by atoms with van der Waals surface area (Å²) in [6.45, 7) is 4.28. The molecule has 0 bridgehead atoms. The summed E-state index contributed by atoms with van der Waals surface area (Å²) in [6.07, 6.45) is 0.919. The van der Waals surface area contributed by atoms with Crippen LogP contribution in [0.5, 0.6) is 0 Å². The lowest BCUT2D eigenvalue weighted by atomic mass is 10.1. The molecule has 1 atom stereocenters. The van der Waals surface area contributed by atoms with E-state index < -0.39 is 17.9 Å². The number of rotatable bonds is 8. The lowest BCUT2D eigenvalue weighted by Gasteiger charge is -2.26. The van der Waals surface area contributed by atoms with Crippen LogP contribution in [-0.2, 0) is 16.0 Å². The molecule has 0 aliphatic heterocycles. The van der Waals surface area contributed by atoms with Crippen LogP contribution in [0.4, 0.5) is 5.69 Å². The molecule has 0 aliphatic rings. The quantitative estimate of drug-likeness (QED) is 0.763. The van der Waals surface area contributed by atoms with Crippen molar-refractivity contribution in [2.45, 2.75) is 26.7 Å². The van der Waals surface area contributed by atoms with E-state index in [2.05, 4.69) is 6.92 Å². The Balaban J connectivity index is 2.83. The first-order chi connectivity index (χ1) is 9.43. The Labute approximate surface area is 118 Å². The van der Waals surface area contributed by atoms with E-state index in [1.165, 1.54) is 5.56 Å². The minimum Gasteiger partial charge on any atom is -0.481 e. The van der Waals surface area contributed by atoms with Gasteiger partial charge in [-0.05, 0) is 24.1 Å². The number of aryl methyl sites for hydroxylation is 1. The van der Waals surface area contributed by atoms with Crippen LogP contribution < -0.4 is 4.90 Å². The zero-order valence-electron chi connectivity index (χ0n) is 11.9. The Bertz CT molecular complexity index is 455. The fourth-order valence-electron chi connectivity index (χ4n) is 1.91. The van der Waals surface area contributed by atoms with Gasteiger partial charge in [0.15, 0.2) is 0 Å². The van der Waals surface area contributed by atoms with Gasteiger partial charge in [0.1, 0.15) is 0 Å². The highest BCUT2D eigenvalue weighted by molar-refractivity contribution is 5.71. The van der Waals surface area contributed by atoms with Crippen LogP contribution in [0, 0.1) is 5.92 Å². The fraction of sp³-hybridized carbons (Fsp3) is 0.467. The number of benzene rings is 1. The number of aliphatic carboxylic acids is 2. The molecule has 20 heavy (non-hydrogen) atoms. The predicted octanol–water partition coefficient (Wildman–Crippen LogP) is 2.25. The highest BCUT2D eigenvalue weighted by atomic mass is 16.4. The molecule has 2 N–H and O–H groups in total. The van der Waals surface area contributed by atoms with Gasteiger partial charge in [0.2, 0.25) is 0 Å². The van der Waals surface area contributed by atoms with Gasteiger partial charge in [0.05, 0.1) is 12.3 Å². The molecule has 0 saturated carbocycles. The maximum atomic E-state index is 11.0. The molecule has 0 aromatic heterocycles. The van der Waals surface area contributed by atoms with Gasteiger partial charge in [-0.1, -0.05) is 26.0 Å². The third-order valence-corrected chi connectivity index (χ3v) is 3.22. The molecule has 0 amide bonds. The molecule has 0 heterocycles. The Kier molecular flexibility index (Phi) is 6.03. The zero-order valence-corrected chi connectivity index (χ0v) is 11.9. The van der Waals surface area contributed by atoms with Crippen molar-refractivity contribution in [3.63, 3.8) is 0 Å². The molecule has 1 rings (SSSR count). The molecular formula is C15H21NO4. The lowest BCUT2D eigenvalue weighted by molar-refractivity contribution is -0.140. The predicted molar refractivity (Wildman–Crippen MR) is 77.1 cm³/mol. The standard InChI is InChI=1S/C15H21NO4/c1-3-12-4-6-13(7-5-12)16(9-8-14(17)18)10-11(2)15(19)20/h4-7,11H,3,8-10H2,1-2H3,(H,17,18)(H,19,20). The van der Waals surface area contributed by atoms with Crippen molar-refractivity contribution in [2.24, 2.45) is 5.92 Å². The van der Waals surface area contributed by atoms with Crippen LogP contribution in [0.3, 0.4) is 0 Å². The van der Waals surface area contributed by atoms with Crippen LogP contribution >= 0.6 is 0 Å². The zero-order chi connectivity index (χ0) is 15.1. The Morgan fingerprint density at radius 1 is 1.20 bits per heavy atom. The van der Waals surface area contributed by atoms with Gasteiger partial charge in [-0.15, -0.1) is 0 Å². The minimum absolute atomic E-state index is 0.0120. The summed E-state index contributed by atoms with van der Waals surface area (Å²) in [7, 11) is 0. The number of hydrogen-bond donors (Lipinski definition) is 2. The van der Waals surface area contributed by atoms with Crippen molar-refractivity contribution < 1.29 is 19.8 Å². The van der Waals surface area contributed by atoms with Gasteiger partial charge in [0, 0.05) is 18.8 Å². The molecule has 0 fully saturated rings. The van der Waals surface area contributed by atoms with Crippen LogP contribution in [0.25, 0.3) is 0 Å². The number of anilines is 1. The molecule has 1 aromatic carbocycles. The second-order valence-corrected chi connectivity index (χ2v) is 4.85. The number of hydrogen-bond acceptors (Lipinski definition) is 3. The number of nitrogens with zero attached hydrogens (tertiary/aromatic N) is 1. The van der Waals surface area contributed by atoms with E-state index in [-0.39, 0.29) is 6.42 Å². The molecule has 1 aromatic rings. The van der Waals surface area contributed by atoms with Crippen molar-refractivity contribution in [3.8, 4) is 0 Å². The normalized spacial score (nSPS) is 11.9. The molecular weight excluding hydrogens is 258 g/mol. The van der Waals surface area contributed by atoms with E-state index in [1.807, 2.05) is 29.2 Å². The van der Waals surface area contributed by atoms with Crippen LogP contribution in [-0.4, -0.2) is 35.2 Å². The Morgan fingerprint density at radius 3 is 2.25 bits per heavy atom. The lowest BCUT2D eigenvalue weighted by Crippen LogP contribution is -2.33. The Hall–Kier alpha value is -2.04. The summed E-state index contributed by atoms with van der Waals surface area (Å²) in [5.41, 5.74) is 2.05. The summed E-state index contributed by atoms with van der Waals surface area (Å²) in [5, 5.41) is 17.8. The smallest absolute Gasteiger partial charge is 0.308 e. The fourth-order valence-corrected chi connectivity index (χ4v) is 1.91. The van der Waals surface area contributed by atoms with E-state index in [9.17, 15) is 9.59 Å². The first-order valence-corrected chi connectivity index (χ1v) is 6.72. The topological polar surface area (TPSA) is 77.8 Å². The number of carbonyl (C=O) groups is 2. The van der Waals surface area contributed by atoms with Crippen molar-refractivity contribution in [1.29, 1.82) is 0 Å². The third-order valence-electron chi connectivity index (χ3n) is 3.22. The SMILES string of the molecule is CCc1ccc(N(CCC(=O)O)CC(C)C(=O)O)cc1. The summed E-state index contributed by atoms with van der Waals surface area (Å²) in [5.74, 6) is -2.31. The molecule has 0 saturated heterocycles. The first kappa shape index (κ1) is 16.0. The van der Waals surface area contributed by atoms with Gasteiger partial charge in [-0.25, -0.2) is 0 Å². The van der Waals surface area contributed by atoms with Gasteiger partial charge < -0.3 is 15.1 Å². The summed E-state index contributed by atoms with van der Waals surface area (Å²) < 4.78 is 0. The highest BCUT2D eigenvalue weighted by Crippen LogP contribution is 2.18. The van der Waals surface area contributed by atoms with Crippen LogP contribution in [0.2, 0.25) is 0 Å². The maximum absolute atomic E-state index is 11.0. The summed E-state index contributed by atoms with van der Waals surface area (Å²) in [6, 6.07) is 7.79. The second-order valence-electron chi connectivity index (χ2n) is 4.85. The van der Waals surface area contributed by atoms with Gasteiger partial charge in [0.25, 0.3) is 0 Å². The average molecular weight is 279 g/mol. The average Bonchev–Trinajstić information content (AvgIpc) is 2.43. The molecule has 110 valence electrons. The number of carboxylic acid groups (broad SMARTS) is 2. The molecule has 1 unspecified atom stereocenters. The van der Waals surface area contributed by atoms with E-state index in [0.717, 1.165) is 12.1 Å². The van der Waals surface area contributed by atoms with E-state index in [0.29, 0.717) is 13.1 Å². The number of carboxylic acids is 2. The molecule has 5 heteroatoms. The van der Waals surface area contributed by atoms with E-state index in [4.69, 9.17) is 10.2 Å². The van der Waals surface area contributed by atoms with Crippen LogP contribution in [0.1, 0.15) is 25.8 Å². The maximum Gasteiger partial charge on any atom is 0.308 e. The first-order valence-electron chi connectivity index (χ1n) is 6.72. The van der Waals surface area contributed by atoms with Gasteiger partial charge in [-0.3, -0.25) is 9.59 Å². The van der Waals surface area contributed by atoms with Crippen molar-refractivity contribution in [2.75, 3.05) is 18.0 Å². The molecule has 5 nitrogen and oxygen atoms in total. The van der Waals surface area contributed by atoms with E-state index >= 15 is 0 Å². The second kappa shape index (κ2) is 7.53. The summed E-state index contributed by atoms with van der Waals surface area (Å²) in [4.78, 5) is 23.5. The monoisotopic (exact) mass is 279 g/mol. The van der Waals surface area contributed by atoms with Gasteiger partial charge in [-0.2, -0.15) is 0 Å². The molecule has 0 radical (unpaired) electrons. The van der Waals surface area contributed by atoms with E-state index in [1.54, 1.807) is 6.92 Å². The van der Waals surface area contributed by atoms with Crippen molar-refractivity contribution in [1.82, 2.24) is 0 Å². The summed E-state index contributed by atoms with van der Waals surface area (Å²) >= 11 is 0. The largest absolute Gasteiger partial charge is 0.481 e. The van der Waals surface area contributed by atoms with Crippen molar-refractivity contribution >= 4 is 17.6 Å². The van der Waals surface area contributed by atoms with Crippen molar-refractivity contribution in [3.05, 3.63) is 29.8 Å². The third kappa shape index (κ3) is 4.91. The highest BCUT2D eigenvalue weighted by Gasteiger charge is 2.17. The van der Waals surface area contributed by atoms with Gasteiger partial charge >= 0.3 is 11.9 Å².